The van der Waals surface area contributed by atoms with Crippen LogP contribution in [0.25, 0.3) is 0 Å². The third-order valence-electron chi connectivity index (χ3n) is 3.11. The maximum Gasteiger partial charge on any atom is 0.323 e. The van der Waals surface area contributed by atoms with Crippen molar-refractivity contribution in [2.45, 2.75) is 25.0 Å². The van der Waals surface area contributed by atoms with E-state index >= 15 is 0 Å². The number of nitrogens with zero attached hydrogens (tertiary/aromatic N) is 2. The number of aliphatic hydroxyl groups is 1. The van der Waals surface area contributed by atoms with Gasteiger partial charge in [0.15, 0.2) is 0 Å². The lowest BCUT2D eigenvalue weighted by Gasteiger charge is -2.19. The van der Waals surface area contributed by atoms with Gasteiger partial charge in [0.25, 0.3) is 0 Å². The van der Waals surface area contributed by atoms with Crippen LogP contribution in [0.15, 0.2) is 18.2 Å². The Balaban J connectivity index is 2.18. The molecule has 6 nitrogen and oxygen atoms in total. The molecule has 0 amide bonds. The third-order valence-corrected chi connectivity index (χ3v) is 3.11. The Hall–Kier alpha value is -1.66. The molecular weight excluding hydrogens is 234 g/mol. The molecule has 1 aromatic rings. The summed E-state index contributed by atoms with van der Waals surface area (Å²) < 4.78 is 0. The summed E-state index contributed by atoms with van der Waals surface area (Å²) in [5.41, 5.74) is 5.69. The average Bonchev–Trinajstić information content (AvgIpc) is 2.91. The van der Waals surface area contributed by atoms with Crippen LogP contribution in [0.2, 0.25) is 0 Å². The minimum atomic E-state index is -1.36. The second kappa shape index (κ2) is 5.32. The molecule has 0 radical (unpaired) electrons. The van der Waals surface area contributed by atoms with Crippen LogP contribution in [0.1, 0.15) is 24.6 Å². The molecule has 6 heteroatoms. The van der Waals surface area contributed by atoms with Crippen LogP contribution < -0.4 is 10.6 Å². The fraction of sp³-hybridized carbons (Fsp3) is 0.500. The molecular formula is C12H17N3O3. The number of aliphatic hydroxyl groups excluding tert-OH is 1. The highest BCUT2D eigenvalue weighted by Crippen LogP contribution is 2.21. The number of carboxylic acid groups (broad SMARTS) is 1. The monoisotopic (exact) mass is 251 g/mol. The number of carbonyl (C=O) groups is 1. The predicted octanol–water partition coefficient (Wildman–Crippen LogP) is 0.127. The lowest BCUT2D eigenvalue weighted by molar-refractivity contribution is -0.141. The van der Waals surface area contributed by atoms with Gasteiger partial charge in [-0.25, -0.2) is 4.98 Å². The summed E-state index contributed by atoms with van der Waals surface area (Å²) in [5, 5.41) is 18.6. The van der Waals surface area contributed by atoms with Crippen LogP contribution in [-0.2, 0) is 4.79 Å². The van der Waals surface area contributed by atoms with Crippen molar-refractivity contribution in [3.63, 3.8) is 0 Å². The van der Waals surface area contributed by atoms with E-state index in [1.54, 1.807) is 12.1 Å². The maximum atomic E-state index is 10.7. The number of pyridine rings is 1. The number of carboxylic acids is 1. The van der Waals surface area contributed by atoms with Crippen LogP contribution in [-0.4, -0.2) is 40.3 Å². The summed E-state index contributed by atoms with van der Waals surface area (Å²) in [4.78, 5) is 17.1. The zero-order chi connectivity index (χ0) is 13.1. The molecule has 2 heterocycles. The van der Waals surface area contributed by atoms with E-state index in [1.165, 1.54) is 0 Å². The van der Waals surface area contributed by atoms with Gasteiger partial charge in [-0.05, 0) is 25.0 Å². The Morgan fingerprint density at radius 3 is 2.67 bits per heavy atom. The number of aliphatic carboxylic acids is 1. The Morgan fingerprint density at radius 2 is 2.06 bits per heavy atom. The first-order chi connectivity index (χ1) is 8.59. The van der Waals surface area contributed by atoms with E-state index in [-0.39, 0.29) is 0 Å². The summed E-state index contributed by atoms with van der Waals surface area (Å²) in [7, 11) is 0. The van der Waals surface area contributed by atoms with Gasteiger partial charge >= 0.3 is 5.97 Å². The summed E-state index contributed by atoms with van der Waals surface area (Å²) >= 11 is 0. The Labute approximate surface area is 105 Å². The molecule has 0 saturated carbocycles. The van der Waals surface area contributed by atoms with Gasteiger partial charge in [-0.15, -0.1) is 0 Å². The highest BCUT2D eigenvalue weighted by Gasteiger charge is 2.25. The number of anilines is 1. The van der Waals surface area contributed by atoms with E-state index in [0.29, 0.717) is 5.69 Å². The molecule has 0 aliphatic carbocycles. The highest BCUT2D eigenvalue weighted by molar-refractivity contribution is 5.74. The molecule has 98 valence electrons. The zero-order valence-corrected chi connectivity index (χ0v) is 9.99. The fourth-order valence-corrected chi connectivity index (χ4v) is 2.05. The van der Waals surface area contributed by atoms with Crippen molar-refractivity contribution in [1.29, 1.82) is 0 Å². The van der Waals surface area contributed by atoms with Crippen LogP contribution in [0, 0.1) is 0 Å². The molecule has 0 bridgehead atoms. The van der Waals surface area contributed by atoms with Gasteiger partial charge in [0.1, 0.15) is 18.0 Å². The van der Waals surface area contributed by atoms with Crippen molar-refractivity contribution in [3.8, 4) is 0 Å². The second-order valence-electron chi connectivity index (χ2n) is 4.42. The Bertz CT molecular complexity index is 432. The van der Waals surface area contributed by atoms with Crippen LogP contribution in [0.3, 0.4) is 0 Å². The van der Waals surface area contributed by atoms with E-state index in [9.17, 15) is 9.90 Å². The van der Waals surface area contributed by atoms with Gasteiger partial charge in [-0.1, -0.05) is 6.07 Å². The first kappa shape index (κ1) is 12.8. The fourth-order valence-electron chi connectivity index (χ4n) is 2.05. The number of aromatic nitrogens is 1. The minimum absolute atomic E-state index is 0.300. The molecule has 1 fully saturated rings. The molecule has 0 aromatic carbocycles. The Kier molecular flexibility index (Phi) is 3.78. The van der Waals surface area contributed by atoms with Crippen molar-refractivity contribution in [3.05, 3.63) is 23.9 Å². The standard InChI is InChI=1S/C12H17N3O3/c13-10(12(17)18)11(16)8-4-3-5-9(14-8)15-6-1-2-7-15/h3-5,10-11,16H,1-2,6-7,13H2,(H,17,18). The van der Waals surface area contributed by atoms with Gasteiger partial charge in [0.05, 0.1) is 5.69 Å². The van der Waals surface area contributed by atoms with Gasteiger partial charge in [-0.2, -0.15) is 0 Å². The third kappa shape index (κ3) is 2.60. The van der Waals surface area contributed by atoms with Crippen molar-refractivity contribution >= 4 is 11.8 Å². The largest absolute Gasteiger partial charge is 0.480 e. The number of hydrogen-bond donors (Lipinski definition) is 3. The van der Waals surface area contributed by atoms with E-state index in [4.69, 9.17) is 10.8 Å². The van der Waals surface area contributed by atoms with Crippen molar-refractivity contribution in [2.24, 2.45) is 5.73 Å². The SMILES string of the molecule is NC(C(=O)O)C(O)c1cccc(N2CCCC2)n1. The summed E-state index contributed by atoms with van der Waals surface area (Å²) in [6, 6.07) is 3.85. The van der Waals surface area contributed by atoms with E-state index < -0.39 is 18.1 Å². The van der Waals surface area contributed by atoms with Gasteiger partial charge in [0.2, 0.25) is 0 Å². The molecule has 4 N–H and O–H groups in total. The molecule has 1 aromatic heterocycles. The van der Waals surface area contributed by atoms with Crippen LogP contribution in [0.4, 0.5) is 5.82 Å². The maximum absolute atomic E-state index is 10.7. The van der Waals surface area contributed by atoms with Crippen molar-refractivity contribution in [2.75, 3.05) is 18.0 Å². The van der Waals surface area contributed by atoms with Crippen molar-refractivity contribution in [1.82, 2.24) is 4.98 Å². The zero-order valence-electron chi connectivity index (χ0n) is 9.99. The normalized spacial score (nSPS) is 18.7. The summed E-state index contributed by atoms with van der Waals surface area (Å²) in [6.45, 7) is 1.88. The van der Waals surface area contributed by atoms with Gasteiger partial charge in [-0.3, -0.25) is 4.79 Å². The Morgan fingerprint density at radius 1 is 1.39 bits per heavy atom. The van der Waals surface area contributed by atoms with Crippen LogP contribution >= 0.6 is 0 Å². The smallest absolute Gasteiger partial charge is 0.323 e. The number of nitrogens with two attached hydrogens (primary N) is 1. The van der Waals surface area contributed by atoms with Gasteiger partial charge < -0.3 is 20.8 Å². The van der Waals surface area contributed by atoms with Crippen LogP contribution in [0.5, 0.6) is 0 Å². The molecule has 1 aliphatic rings. The van der Waals surface area contributed by atoms with E-state index in [1.807, 2.05) is 6.07 Å². The molecule has 2 unspecified atom stereocenters. The predicted molar refractivity (Wildman–Crippen MR) is 66.3 cm³/mol. The second-order valence-corrected chi connectivity index (χ2v) is 4.42. The number of hydrogen-bond acceptors (Lipinski definition) is 5. The topological polar surface area (TPSA) is 99.7 Å². The lowest BCUT2D eigenvalue weighted by Crippen LogP contribution is -2.37. The molecule has 1 aliphatic heterocycles. The van der Waals surface area contributed by atoms with E-state index in [0.717, 1.165) is 31.7 Å². The van der Waals surface area contributed by atoms with Gasteiger partial charge in [0, 0.05) is 13.1 Å². The minimum Gasteiger partial charge on any atom is -0.480 e. The average molecular weight is 251 g/mol. The number of rotatable bonds is 4. The molecule has 18 heavy (non-hydrogen) atoms. The van der Waals surface area contributed by atoms with Crippen molar-refractivity contribution < 1.29 is 15.0 Å². The first-order valence-corrected chi connectivity index (χ1v) is 5.98. The molecule has 2 atom stereocenters. The highest BCUT2D eigenvalue weighted by atomic mass is 16.4. The summed E-state index contributed by atoms with van der Waals surface area (Å²) in [5.74, 6) is -0.475. The molecule has 2 rings (SSSR count). The quantitative estimate of drug-likeness (QED) is 0.703. The molecule has 1 saturated heterocycles. The van der Waals surface area contributed by atoms with E-state index in [2.05, 4.69) is 9.88 Å². The first-order valence-electron chi connectivity index (χ1n) is 5.98. The summed E-state index contributed by atoms with van der Waals surface area (Å²) in [6.07, 6.45) is 0.969. The lowest BCUT2D eigenvalue weighted by atomic mass is 10.1. The molecule has 0 spiro atoms.